The zero-order valence-electron chi connectivity index (χ0n) is 18.7. The van der Waals surface area contributed by atoms with Crippen molar-refractivity contribution >= 4 is 27.3 Å². The lowest BCUT2D eigenvalue weighted by Gasteiger charge is -2.17. The van der Waals surface area contributed by atoms with Gasteiger partial charge in [0.1, 0.15) is 16.4 Å². The fourth-order valence-electron chi connectivity index (χ4n) is 2.94. The summed E-state index contributed by atoms with van der Waals surface area (Å²) in [5.74, 6) is 1.11. The molecule has 0 saturated heterocycles. The Bertz CT molecular complexity index is 1200. The molecule has 1 amide bonds. The van der Waals surface area contributed by atoms with Gasteiger partial charge in [0.15, 0.2) is 5.75 Å². The second-order valence-corrected chi connectivity index (χ2v) is 9.32. The zero-order valence-corrected chi connectivity index (χ0v) is 19.6. The maximum Gasteiger partial charge on any atom is 0.246 e. The highest BCUT2D eigenvalue weighted by Gasteiger charge is 2.23. The van der Waals surface area contributed by atoms with Crippen molar-refractivity contribution in [2.75, 3.05) is 37.9 Å². The number of para-hydroxylation sites is 3. The molecule has 0 aliphatic carbocycles. The van der Waals surface area contributed by atoms with Crippen LogP contribution in [0.1, 0.15) is 6.92 Å². The molecule has 8 nitrogen and oxygen atoms in total. The van der Waals surface area contributed by atoms with Gasteiger partial charge in [-0.3, -0.25) is 4.79 Å². The highest BCUT2D eigenvalue weighted by molar-refractivity contribution is 7.89. The topological polar surface area (TPSA) is 97.0 Å². The van der Waals surface area contributed by atoms with Crippen molar-refractivity contribution in [3.05, 3.63) is 72.8 Å². The lowest BCUT2D eigenvalue weighted by molar-refractivity contribution is -0.114. The molecular formula is C24H27N3O5S. The van der Waals surface area contributed by atoms with E-state index >= 15 is 0 Å². The molecule has 0 aliphatic rings. The van der Waals surface area contributed by atoms with E-state index in [9.17, 15) is 13.2 Å². The van der Waals surface area contributed by atoms with E-state index in [2.05, 4.69) is 10.6 Å². The number of nitrogens with one attached hydrogen (secondary N) is 2. The van der Waals surface area contributed by atoms with Crippen LogP contribution in [-0.2, 0) is 14.8 Å². The van der Waals surface area contributed by atoms with Gasteiger partial charge in [0, 0.05) is 19.8 Å². The molecule has 0 spiro atoms. The molecular weight excluding hydrogens is 442 g/mol. The summed E-state index contributed by atoms with van der Waals surface area (Å²) in [5, 5.41) is 5.78. The SMILES string of the molecule is CCOc1ccc(NCC(=O)Nc2ccccc2Oc2ccccc2)cc1S(=O)(=O)N(C)C. The van der Waals surface area contributed by atoms with Crippen molar-refractivity contribution in [1.29, 1.82) is 0 Å². The Kier molecular flexibility index (Phi) is 7.92. The van der Waals surface area contributed by atoms with Gasteiger partial charge >= 0.3 is 0 Å². The van der Waals surface area contributed by atoms with Gasteiger partial charge in [0.2, 0.25) is 15.9 Å². The molecule has 0 heterocycles. The van der Waals surface area contributed by atoms with E-state index in [0.717, 1.165) is 4.31 Å². The molecule has 0 fully saturated rings. The van der Waals surface area contributed by atoms with Crippen LogP contribution in [0.5, 0.6) is 17.2 Å². The van der Waals surface area contributed by atoms with Gasteiger partial charge in [-0.25, -0.2) is 12.7 Å². The number of carbonyl (C=O) groups is 1. The number of benzene rings is 3. The molecule has 9 heteroatoms. The number of hydrogen-bond donors (Lipinski definition) is 2. The fraction of sp³-hybridized carbons (Fsp3) is 0.208. The molecule has 0 aromatic heterocycles. The van der Waals surface area contributed by atoms with Gasteiger partial charge < -0.3 is 20.1 Å². The summed E-state index contributed by atoms with van der Waals surface area (Å²) >= 11 is 0. The van der Waals surface area contributed by atoms with Crippen LogP contribution in [0.4, 0.5) is 11.4 Å². The third kappa shape index (κ3) is 6.24. The second kappa shape index (κ2) is 10.8. The third-order valence-corrected chi connectivity index (χ3v) is 6.42. The number of ether oxygens (including phenoxy) is 2. The standard InChI is InChI=1S/C24H27N3O5S/c1-4-31-22-15-14-18(16-23(22)33(29,30)27(2)3)25-17-24(28)26-20-12-8-9-13-21(20)32-19-10-6-5-7-11-19/h5-16,25H,4,17H2,1-3H3,(H,26,28). The van der Waals surface area contributed by atoms with E-state index in [1.807, 2.05) is 36.4 Å². The molecule has 3 aromatic rings. The van der Waals surface area contributed by atoms with Gasteiger partial charge in [-0.15, -0.1) is 0 Å². The predicted molar refractivity (Wildman–Crippen MR) is 129 cm³/mol. The van der Waals surface area contributed by atoms with Crippen molar-refractivity contribution < 1.29 is 22.7 Å². The van der Waals surface area contributed by atoms with Crippen molar-refractivity contribution in [3.63, 3.8) is 0 Å². The fourth-order valence-corrected chi connectivity index (χ4v) is 3.99. The Labute approximate surface area is 194 Å². The summed E-state index contributed by atoms with van der Waals surface area (Å²) in [4.78, 5) is 12.6. The quantitative estimate of drug-likeness (QED) is 0.462. The van der Waals surface area contributed by atoms with Crippen LogP contribution < -0.4 is 20.1 Å². The summed E-state index contributed by atoms with van der Waals surface area (Å²) < 4.78 is 37.8. The summed E-state index contributed by atoms with van der Waals surface area (Å²) in [7, 11) is -0.820. The normalized spacial score (nSPS) is 11.2. The Morgan fingerprint density at radius 3 is 2.33 bits per heavy atom. The van der Waals surface area contributed by atoms with Crippen molar-refractivity contribution in [2.24, 2.45) is 0 Å². The summed E-state index contributed by atoms with van der Waals surface area (Å²) in [6, 6.07) is 21.1. The Morgan fingerprint density at radius 2 is 1.64 bits per heavy atom. The predicted octanol–water partition coefficient (Wildman–Crippen LogP) is 4.18. The summed E-state index contributed by atoms with van der Waals surface area (Å²) in [6.45, 7) is 2.03. The number of anilines is 2. The molecule has 0 atom stereocenters. The third-order valence-electron chi connectivity index (χ3n) is 4.59. The molecule has 2 N–H and O–H groups in total. The van der Waals surface area contributed by atoms with Crippen LogP contribution in [0, 0.1) is 0 Å². The molecule has 3 aromatic carbocycles. The highest BCUT2D eigenvalue weighted by atomic mass is 32.2. The Balaban J connectivity index is 1.71. The monoisotopic (exact) mass is 469 g/mol. The lowest BCUT2D eigenvalue weighted by atomic mass is 10.2. The number of nitrogens with zero attached hydrogens (tertiary/aromatic N) is 1. The minimum atomic E-state index is -3.72. The Hall–Kier alpha value is -3.56. The average Bonchev–Trinajstić information content (AvgIpc) is 2.80. The number of rotatable bonds is 10. The van der Waals surface area contributed by atoms with E-state index in [-0.39, 0.29) is 23.1 Å². The van der Waals surface area contributed by atoms with E-state index in [1.54, 1.807) is 37.3 Å². The van der Waals surface area contributed by atoms with Gasteiger partial charge in [0.25, 0.3) is 0 Å². The molecule has 3 rings (SSSR count). The average molecular weight is 470 g/mol. The first-order chi connectivity index (χ1) is 15.8. The van der Waals surface area contributed by atoms with Crippen LogP contribution in [0.2, 0.25) is 0 Å². The second-order valence-electron chi connectivity index (χ2n) is 7.19. The molecule has 0 aliphatic heterocycles. The number of carbonyl (C=O) groups excluding carboxylic acids is 1. The Morgan fingerprint density at radius 1 is 0.939 bits per heavy atom. The zero-order chi connectivity index (χ0) is 23.8. The first kappa shape index (κ1) is 24.1. The van der Waals surface area contributed by atoms with E-state index < -0.39 is 10.0 Å². The molecule has 0 unspecified atom stereocenters. The maximum atomic E-state index is 12.7. The number of amides is 1. The van der Waals surface area contributed by atoms with E-state index in [0.29, 0.717) is 29.5 Å². The summed E-state index contributed by atoms with van der Waals surface area (Å²) in [6.07, 6.45) is 0. The highest BCUT2D eigenvalue weighted by Crippen LogP contribution is 2.30. The van der Waals surface area contributed by atoms with Gasteiger partial charge in [-0.05, 0) is 49.4 Å². The molecule has 0 saturated carbocycles. The first-order valence-corrected chi connectivity index (χ1v) is 11.8. The smallest absolute Gasteiger partial charge is 0.246 e. The van der Waals surface area contributed by atoms with Crippen LogP contribution in [0.25, 0.3) is 0 Å². The number of hydrogen-bond acceptors (Lipinski definition) is 6. The van der Waals surface area contributed by atoms with Crippen molar-refractivity contribution in [1.82, 2.24) is 4.31 Å². The lowest BCUT2D eigenvalue weighted by Crippen LogP contribution is -2.24. The summed E-state index contributed by atoms with van der Waals surface area (Å²) in [5.41, 5.74) is 0.999. The van der Waals surface area contributed by atoms with Crippen LogP contribution in [0.15, 0.2) is 77.7 Å². The van der Waals surface area contributed by atoms with Crippen LogP contribution >= 0.6 is 0 Å². The largest absolute Gasteiger partial charge is 0.492 e. The van der Waals surface area contributed by atoms with Gasteiger partial charge in [-0.2, -0.15) is 0 Å². The molecule has 174 valence electrons. The first-order valence-electron chi connectivity index (χ1n) is 10.4. The molecule has 33 heavy (non-hydrogen) atoms. The molecule has 0 bridgehead atoms. The van der Waals surface area contributed by atoms with Crippen molar-refractivity contribution in [2.45, 2.75) is 11.8 Å². The van der Waals surface area contributed by atoms with Crippen molar-refractivity contribution in [3.8, 4) is 17.2 Å². The van der Waals surface area contributed by atoms with E-state index in [4.69, 9.17) is 9.47 Å². The van der Waals surface area contributed by atoms with Crippen LogP contribution in [-0.4, -0.2) is 45.9 Å². The minimum absolute atomic E-state index is 0.0290. The van der Waals surface area contributed by atoms with E-state index in [1.165, 1.54) is 20.2 Å². The minimum Gasteiger partial charge on any atom is -0.492 e. The van der Waals surface area contributed by atoms with Gasteiger partial charge in [-0.1, -0.05) is 30.3 Å². The number of sulfonamides is 1. The maximum absolute atomic E-state index is 12.7. The van der Waals surface area contributed by atoms with Crippen LogP contribution in [0.3, 0.4) is 0 Å². The molecule has 0 radical (unpaired) electrons. The van der Waals surface area contributed by atoms with Gasteiger partial charge in [0.05, 0.1) is 18.8 Å².